The fourth-order valence-corrected chi connectivity index (χ4v) is 1.90. The number of methoxy groups -OCH3 is 1. The van der Waals surface area contributed by atoms with Crippen molar-refractivity contribution in [1.29, 1.82) is 0 Å². The predicted octanol–water partition coefficient (Wildman–Crippen LogP) is 2.40. The van der Waals surface area contributed by atoms with E-state index in [4.69, 9.17) is 14.0 Å². The van der Waals surface area contributed by atoms with Crippen molar-refractivity contribution in [2.75, 3.05) is 13.7 Å². The molecule has 1 unspecified atom stereocenters. The van der Waals surface area contributed by atoms with E-state index in [1.807, 2.05) is 20.8 Å². The number of carbonyl (C=O) groups is 1. The quantitative estimate of drug-likeness (QED) is 0.708. The first-order chi connectivity index (χ1) is 9.05. The van der Waals surface area contributed by atoms with E-state index in [0.717, 1.165) is 0 Å². The van der Waals surface area contributed by atoms with Crippen LogP contribution in [0.25, 0.3) is 0 Å². The maximum atomic E-state index is 12.2. The van der Waals surface area contributed by atoms with Crippen LogP contribution in [0.2, 0.25) is 0 Å². The Morgan fingerprint density at radius 2 is 2.00 bits per heavy atom. The van der Waals surface area contributed by atoms with Crippen molar-refractivity contribution >= 4 is 5.97 Å². The Labute approximate surface area is 113 Å². The number of carbonyl (C=O) groups excluding carboxylic acids is 1. The van der Waals surface area contributed by atoms with Gasteiger partial charge in [0.1, 0.15) is 11.5 Å². The van der Waals surface area contributed by atoms with Gasteiger partial charge in [-0.15, -0.1) is 0 Å². The van der Waals surface area contributed by atoms with Crippen LogP contribution in [0.4, 0.5) is 0 Å². The summed E-state index contributed by atoms with van der Waals surface area (Å²) < 4.78 is 15.5. The van der Waals surface area contributed by atoms with Crippen LogP contribution in [-0.2, 0) is 19.7 Å². The SMILES string of the molecule is CCOC(=O)C(CC)(CC)c1nc(C(C)OC)no1. The van der Waals surface area contributed by atoms with E-state index in [-0.39, 0.29) is 12.1 Å². The largest absolute Gasteiger partial charge is 0.465 e. The Balaban J connectivity index is 3.12. The van der Waals surface area contributed by atoms with Gasteiger partial charge in [0, 0.05) is 7.11 Å². The van der Waals surface area contributed by atoms with E-state index in [9.17, 15) is 4.79 Å². The van der Waals surface area contributed by atoms with Crippen LogP contribution in [0.3, 0.4) is 0 Å². The van der Waals surface area contributed by atoms with Crippen LogP contribution in [-0.4, -0.2) is 29.8 Å². The van der Waals surface area contributed by atoms with Gasteiger partial charge in [-0.1, -0.05) is 19.0 Å². The minimum Gasteiger partial charge on any atom is -0.465 e. The summed E-state index contributed by atoms with van der Waals surface area (Å²) in [6.45, 7) is 7.74. The highest BCUT2D eigenvalue weighted by atomic mass is 16.5. The van der Waals surface area contributed by atoms with Crippen LogP contribution in [0.1, 0.15) is 58.4 Å². The maximum absolute atomic E-state index is 12.2. The van der Waals surface area contributed by atoms with E-state index in [1.54, 1.807) is 14.0 Å². The molecule has 0 amide bonds. The molecule has 0 saturated carbocycles. The van der Waals surface area contributed by atoms with Gasteiger partial charge in [0.05, 0.1) is 6.61 Å². The number of hydrogen-bond acceptors (Lipinski definition) is 6. The number of nitrogens with zero attached hydrogens (tertiary/aromatic N) is 2. The molecule has 0 saturated heterocycles. The van der Waals surface area contributed by atoms with E-state index in [2.05, 4.69) is 10.1 Å². The van der Waals surface area contributed by atoms with Gasteiger partial charge in [0.15, 0.2) is 5.82 Å². The summed E-state index contributed by atoms with van der Waals surface area (Å²) in [5, 5.41) is 3.87. The van der Waals surface area contributed by atoms with Gasteiger partial charge < -0.3 is 14.0 Å². The lowest BCUT2D eigenvalue weighted by Crippen LogP contribution is -2.37. The lowest BCUT2D eigenvalue weighted by molar-refractivity contribution is -0.151. The molecule has 0 aromatic carbocycles. The van der Waals surface area contributed by atoms with Crippen LogP contribution < -0.4 is 0 Å². The van der Waals surface area contributed by atoms with Gasteiger partial charge >= 0.3 is 5.97 Å². The summed E-state index contributed by atoms with van der Waals surface area (Å²) in [6, 6.07) is 0. The molecule has 0 bridgehead atoms. The molecule has 0 radical (unpaired) electrons. The summed E-state index contributed by atoms with van der Waals surface area (Å²) >= 11 is 0. The molecule has 0 spiro atoms. The third-order valence-corrected chi connectivity index (χ3v) is 3.44. The molecule has 0 aliphatic heterocycles. The number of aromatic nitrogens is 2. The minimum atomic E-state index is -0.866. The second-order valence-corrected chi connectivity index (χ2v) is 4.35. The molecule has 6 nitrogen and oxygen atoms in total. The van der Waals surface area contributed by atoms with Crippen molar-refractivity contribution in [2.24, 2.45) is 0 Å². The van der Waals surface area contributed by atoms with Crippen LogP contribution >= 0.6 is 0 Å². The van der Waals surface area contributed by atoms with Crippen molar-refractivity contribution in [3.05, 3.63) is 11.7 Å². The zero-order chi connectivity index (χ0) is 14.5. The Morgan fingerprint density at radius 1 is 1.37 bits per heavy atom. The number of esters is 1. The number of rotatable bonds is 7. The lowest BCUT2D eigenvalue weighted by atomic mass is 9.82. The molecule has 0 aliphatic rings. The molecule has 108 valence electrons. The summed E-state index contributed by atoms with van der Waals surface area (Å²) in [5.74, 6) is 0.420. The zero-order valence-corrected chi connectivity index (χ0v) is 12.2. The van der Waals surface area contributed by atoms with E-state index >= 15 is 0 Å². The second-order valence-electron chi connectivity index (χ2n) is 4.35. The topological polar surface area (TPSA) is 74.5 Å². The lowest BCUT2D eigenvalue weighted by Gasteiger charge is -2.24. The first kappa shape index (κ1) is 15.6. The van der Waals surface area contributed by atoms with Crippen molar-refractivity contribution < 1.29 is 18.8 Å². The fraction of sp³-hybridized carbons (Fsp3) is 0.769. The minimum absolute atomic E-state index is 0.272. The number of hydrogen-bond donors (Lipinski definition) is 0. The van der Waals surface area contributed by atoms with Crippen LogP contribution in [0, 0.1) is 0 Å². The molecule has 0 N–H and O–H groups in total. The molecule has 1 aromatic heterocycles. The standard InChI is InChI=1S/C13H22N2O4/c1-6-13(7-2,12(16)18-8-3)11-14-10(15-19-11)9(4)17-5/h9H,6-8H2,1-5H3. The summed E-state index contributed by atoms with van der Waals surface area (Å²) in [7, 11) is 1.57. The highest BCUT2D eigenvalue weighted by molar-refractivity contribution is 5.81. The van der Waals surface area contributed by atoms with Crippen LogP contribution in [0.15, 0.2) is 4.52 Å². The smallest absolute Gasteiger partial charge is 0.321 e. The maximum Gasteiger partial charge on any atom is 0.321 e. The van der Waals surface area contributed by atoms with Gasteiger partial charge in [0.25, 0.3) is 0 Å². The molecule has 1 aromatic rings. The summed E-state index contributed by atoms with van der Waals surface area (Å²) in [6.07, 6.45) is 0.822. The average molecular weight is 270 g/mol. The van der Waals surface area contributed by atoms with Gasteiger partial charge in [-0.25, -0.2) is 0 Å². The molecular weight excluding hydrogens is 248 g/mol. The van der Waals surface area contributed by atoms with E-state index in [0.29, 0.717) is 31.2 Å². The third kappa shape index (κ3) is 2.94. The first-order valence-electron chi connectivity index (χ1n) is 6.59. The van der Waals surface area contributed by atoms with E-state index < -0.39 is 5.41 Å². The van der Waals surface area contributed by atoms with Gasteiger partial charge in [-0.2, -0.15) is 4.98 Å². The normalized spacial score (nSPS) is 13.3. The van der Waals surface area contributed by atoms with Gasteiger partial charge in [-0.3, -0.25) is 4.79 Å². The van der Waals surface area contributed by atoms with Crippen molar-refractivity contribution in [3.8, 4) is 0 Å². The molecule has 6 heteroatoms. The Hall–Kier alpha value is -1.43. The molecule has 19 heavy (non-hydrogen) atoms. The second kappa shape index (κ2) is 6.65. The highest BCUT2D eigenvalue weighted by Crippen LogP contribution is 2.32. The molecule has 1 heterocycles. The average Bonchev–Trinajstić information content (AvgIpc) is 2.90. The van der Waals surface area contributed by atoms with Crippen LogP contribution in [0.5, 0.6) is 0 Å². The molecule has 0 fully saturated rings. The Kier molecular flexibility index (Phi) is 5.47. The molecule has 0 aliphatic carbocycles. The third-order valence-electron chi connectivity index (χ3n) is 3.44. The van der Waals surface area contributed by atoms with Gasteiger partial charge in [-0.05, 0) is 26.7 Å². The first-order valence-corrected chi connectivity index (χ1v) is 6.59. The Morgan fingerprint density at radius 3 is 2.47 bits per heavy atom. The van der Waals surface area contributed by atoms with Crippen molar-refractivity contribution in [2.45, 2.75) is 52.1 Å². The van der Waals surface area contributed by atoms with Crippen molar-refractivity contribution in [1.82, 2.24) is 10.1 Å². The highest BCUT2D eigenvalue weighted by Gasteiger charge is 2.44. The monoisotopic (exact) mass is 270 g/mol. The molecule has 1 rings (SSSR count). The fourth-order valence-electron chi connectivity index (χ4n) is 1.90. The molecule has 1 atom stereocenters. The summed E-state index contributed by atoms with van der Waals surface area (Å²) in [5.41, 5.74) is -0.866. The Bertz CT molecular complexity index is 413. The number of ether oxygens (including phenoxy) is 2. The van der Waals surface area contributed by atoms with E-state index in [1.165, 1.54) is 0 Å². The van der Waals surface area contributed by atoms with Crippen molar-refractivity contribution in [3.63, 3.8) is 0 Å². The summed E-state index contributed by atoms with van der Waals surface area (Å²) in [4.78, 5) is 16.5. The van der Waals surface area contributed by atoms with Gasteiger partial charge in [0.2, 0.25) is 5.89 Å². The zero-order valence-electron chi connectivity index (χ0n) is 12.2. The molecular formula is C13H22N2O4. The predicted molar refractivity (Wildman–Crippen MR) is 68.6 cm³/mol.